The molecule has 0 atom stereocenters. The highest BCUT2D eigenvalue weighted by Gasteiger charge is 2.33. The second-order valence-corrected chi connectivity index (χ2v) is 7.98. The molecular formula is C21H32N4O5. The van der Waals surface area contributed by atoms with E-state index >= 15 is 0 Å². The van der Waals surface area contributed by atoms with Crippen LogP contribution in [-0.4, -0.2) is 31.5 Å². The van der Waals surface area contributed by atoms with Gasteiger partial charge in [-0.05, 0) is 46.8 Å². The summed E-state index contributed by atoms with van der Waals surface area (Å²) in [6.45, 7) is 14.9. The van der Waals surface area contributed by atoms with Crippen LogP contribution in [-0.2, 0) is 21.7 Å². The van der Waals surface area contributed by atoms with E-state index in [1.807, 2.05) is 54.7 Å². The molecule has 2 rings (SSSR count). The van der Waals surface area contributed by atoms with Crippen molar-refractivity contribution in [3.8, 4) is 5.75 Å². The van der Waals surface area contributed by atoms with Crippen LogP contribution in [0.4, 0.5) is 5.69 Å². The quantitative estimate of drug-likeness (QED) is 0.349. The molecule has 0 aliphatic heterocycles. The second kappa shape index (κ2) is 10.2. The van der Waals surface area contributed by atoms with Gasteiger partial charge in [-0.25, -0.2) is 4.68 Å². The maximum atomic E-state index is 11.2. The van der Waals surface area contributed by atoms with E-state index in [4.69, 9.17) is 9.47 Å². The summed E-state index contributed by atoms with van der Waals surface area (Å²) in [5, 5.41) is 19.4. The van der Waals surface area contributed by atoms with Gasteiger partial charge in [0.25, 0.3) is 5.69 Å². The Hall–Kier alpha value is -2.97. The molecule has 30 heavy (non-hydrogen) atoms. The van der Waals surface area contributed by atoms with Gasteiger partial charge in [0.1, 0.15) is 18.0 Å². The predicted molar refractivity (Wildman–Crippen MR) is 113 cm³/mol. The number of carbonyl (C=O) groups excluding carboxylic acids is 1. The van der Waals surface area contributed by atoms with Gasteiger partial charge in [0.05, 0.1) is 21.7 Å². The number of carbonyl (C=O) groups is 1. The van der Waals surface area contributed by atoms with Gasteiger partial charge in [-0.3, -0.25) is 14.9 Å². The molecule has 0 saturated heterocycles. The minimum atomic E-state index is -0.599. The molecule has 1 aromatic carbocycles. The van der Waals surface area contributed by atoms with Crippen LogP contribution in [0.2, 0.25) is 0 Å². The molecule has 9 heteroatoms. The topological polar surface area (TPSA) is 109 Å². The zero-order valence-corrected chi connectivity index (χ0v) is 19.1. The van der Waals surface area contributed by atoms with Crippen LogP contribution in [0.15, 0.2) is 24.4 Å². The Balaban J connectivity index is 0.00000218. The first-order valence-electron chi connectivity index (χ1n) is 9.89. The van der Waals surface area contributed by atoms with E-state index in [1.165, 1.54) is 19.1 Å². The molecule has 0 saturated carbocycles. The molecule has 2 aromatic rings. The lowest BCUT2D eigenvalue weighted by atomic mass is 9.89. The van der Waals surface area contributed by atoms with Gasteiger partial charge in [-0.15, -0.1) is 5.10 Å². The molecule has 0 fully saturated rings. The van der Waals surface area contributed by atoms with Crippen LogP contribution in [0, 0.1) is 17.0 Å². The van der Waals surface area contributed by atoms with Gasteiger partial charge in [0.2, 0.25) is 0 Å². The first-order valence-corrected chi connectivity index (χ1v) is 9.89. The molecule has 0 spiro atoms. The highest BCUT2D eigenvalue weighted by atomic mass is 16.6. The third kappa shape index (κ3) is 7.13. The summed E-state index contributed by atoms with van der Waals surface area (Å²) in [4.78, 5) is 21.8. The predicted octanol–water partition coefficient (Wildman–Crippen LogP) is 4.57. The van der Waals surface area contributed by atoms with E-state index in [-0.39, 0.29) is 23.4 Å². The Kier molecular flexibility index (Phi) is 8.50. The van der Waals surface area contributed by atoms with E-state index in [0.29, 0.717) is 12.2 Å². The van der Waals surface area contributed by atoms with Crippen molar-refractivity contribution >= 4 is 11.7 Å². The lowest BCUT2D eigenvalue weighted by Crippen LogP contribution is -2.40. The van der Waals surface area contributed by atoms with Crippen molar-refractivity contribution in [2.24, 2.45) is 0 Å². The number of aryl methyl sites for hydroxylation is 1. The zero-order chi connectivity index (χ0) is 23.1. The molecule has 9 nitrogen and oxygen atoms in total. The number of nitrogens with zero attached hydrogens (tertiary/aromatic N) is 4. The number of rotatable bonds is 8. The van der Waals surface area contributed by atoms with Crippen molar-refractivity contribution in [2.75, 3.05) is 0 Å². The van der Waals surface area contributed by atoms with Gasteiger partial charge in [-0.2, -0.15) is 0 Å². The van der Waals surface area contributed by atoms with Crippen molar-refractivity contribution in [3.63, 3.8) is 0 Å². The summed E-state index contributed by atoms with van der Waals surface area (Å²) in [5.41, 5.74) is 0.0337. The molecule has 0 radical (unpaired) electrons. The molecule has 0 unspecified atom stereocenters. The van der Waals surface area contributed by atoms with E-state index in [2.05, 4.69) is 10.3 Å². The molecule has 0 bridgehead atoms. The van der Waals surface area contributed by atoms with Crippen molar-refractivity contribution < 1.29 is 19.2 Å². The van der Waals surface area contributed by atoms with Crippen LogP contribution in [0.3, 0.4) is 0 Å². The first-order chi connectivity index (χ1) is 13.9. The fourth-order valence-corrected chi connectivity index (χ4v) is 3.22. The number of aromatic nitrogens is 3. The maximum absolute atomic E-state index is 11.2. The Bertz CT molecular complexity index is 874. The molecule has 166 valence electrons. The van der Waals surface area contributed by atoms with Crippen molar-refractivity contribution in [3.05, 3.63) is 45.8 Å². The van der Waals surface area contributed by atoms with Crippen LogP contribution in [0.5, 0.6) is 5.75 Å². The number of nitro benzene ring substituents is 1. The normalized spacial score (nSPS) is 11.3. The van der Waals surface area contributed by atoms with Gasteiger partial charge in [0.15, 0.2) is 0 Å². The monoisotopic (exact) mass is 420 g/mol. The third-order valence-corrected chi connectivity index (χ3v) is 4.16. The second-order valence-electron chi connectivity index (χ2n) is 7.98. The summed E-state index contributed by atoms with van der Waals surface area (Å²) in [7, 11) is 0. The number of ether oxygens (including phenoxy) is 2. The van der Waals surface area contributed by atoms with E-state index < -0.39 is 16.5 Å². The van der Waals surface area contributed by atoms with Crippen molar-refractivity contribution in [2.45, 2.75) is 79.6 Å². The smallest absolute Gasteiger partial charge is 0.302 e. The number of esters is 1. The van der Waals surface area contributed by atoms with Gasteiger partial charge < -0.3 is 9.47 Å². The highest BCUT2D eigenvalue weighted by Crippen LogP contribution is 2.32. The summed E-state index contributed by atoms with van der Waals surface area (Å²) in [5.74, 6) is -0.0471. The lowest BCUT2D eigenvalue weighted by molar-refractivity contribution is -0.385. The maximum Gasteiger partial charge on any atom is 0.302 e. The first kappa shape index (κ1) is 25.1. The van der Waals surface area contributed by atoms with Crippen molar-refractivity contribution in [1.29, 1.82) is 0 Å². The molecular weight excluding hydrogens is 388 g/mol. The van der Waals surface area contributed by atoms with E-state index in [9.17, 15) is 14.9 Å². The summed E-state index contributed by atoms with van der Waals surface area (Å²) >= 11 is 0. The van der Waals surface area contributed by atoms with Crippen LogP contribution in [0.25, 0.3) is 0 Å². The standard InChI is InChI=1S/C19H26N4O5.C2H6/c1-13-10-22(21-20-13)18(3,4)12-19(5,6)28-16-7-8-17(23(25)26)15(9-16)11-27-14(2)24;1-2/h7-10H,11-12H2,1-6H3;1-2H3. The molecule has 0 N–H and O–H groups in total. The van der Waals surface area contributed by atoms with Crippen molar-refractivity contribution in [1.82, 2.24) is 15.0 Å². The van der Waals surface area contributed by atoms with E-state index in [0.717, 1.165) is 5.69 Å². The number of benzene rings is 1. The number of nitro groups is 1. The highest BCUT2D eigenvalue weighted by molar-refractivity contribution is 5.66. The number of hydrogen-bond donors (Lipinski definition) is 0. The largest absolute Gasteiger partial charge is 0.488 e. The Labute approximate surface area is 177 Å². The minimum Gasteiger partial charge on any atom is -0.488 e. The summed E-state index contributed by atoms with van der Waals surface area (Å²) < 4.78 is 12.9. The molecule has 1 heterocycles. The average Bonchev–Trinajstić information content (AvgIpc) is 3.07. The zero-order valence-electron chi connectivity index (χ0n) is 19.1. The number of hydrogen-bond acceptors (Lipinski definition) is 7. The van der Waals surface area contributed by atoms with Gasteiger partial charge in [0, 0.05) is 25.6 Å². The molecule has 0 aliphatic carbocycles. The van der Waals surface area contributed by atoms with Crippen LogP contribution < -0.4 is 4.74 Å². The minimum absolute atomic E-state index is 0.121. The van der Waals surface area contributed by atoms with Crippen LogP contribution >= 0.6 is 0 Å². The summed E-state index contributed by atoms with van der Waals surface area (Å²) in [6.07, 6.45) is 2.48. The fourth-order valence-electron chi connectivity index (χ4n) is 3.22. The SMILES string of the molecule is CC.CC(=O)OCc1cc(OC(C)(C)CC(C)(C)n2cc(C)nn2)ccc1[N+](=O)[O-]. The van der Waals surface area contributed by atoms with Gasteiger partial charge >= 0.3 is 5.97 Å². The average molecular weight is 421 g/mol. The Morgan fingerprint density at radius 1 is 1.23 bits per heavy atom. The van der Waals surface area contributed by atoms with Gasteiger partial charge in [-0.1, -0.05) is 19.1 Å². The molecule has 1 aromatic heterocycles. The fraction of sp³-hybridized carbons (Fsp3) is 0.571. The summed E-state index contributed by atoms with van der Waals surface area (Å²) in [6, 6.07) is 4.44. The Morgan fingerprint density at radius 3 is 2.37 bits per heavy atom. The molecule has 0 amide bonds. The lowest BCUT2D eigenvalue weighted by Gasteiger charge is -2.35. The van der Waals surface area contributed by atoms with Crippen LogP contribution in [0.1, 0.15) is 66.1 Å². The molecule has 0 aliphatic rings. The van der Waals surface area contributed by atoms with E-state index in [1.54, 1.807) is 10.7 Å². The Morgan fingerprint density at radius 2 is 1.87 bits per heavy atom. The third-order valence-electron chi connectivity index (χ3n) is 4.16.